The van der Waals surface area contributed by atoms with Gasteiger partial charge in [0.15, 0.2) is 0 Å². The molecule has 1 aliphatic carbocycles. The van der Waals surface area contributed by atoms with Crippen molar-refractivity contribution in [2.24, 2.45) is 0 Å². The minimum absolute atomic E-state index is 0.0579. The van der Waals surface area contributed by atoms with Gasteiger partial charge in [0, 0.05) is 12.7 Å². The zero-order valence-electron chi connectivity index (χ0n) is 15.0. The van der Waals surface area contributed by atoms with Gasteiger partial charge in [0.1, 0.15) is 5.82 Å². The van der Waals surface area contributed by atoms with Gasteiger partial charge in [0.2, 0.25) is 5.91 Å². The number of nitrogens with zero attached hydrogens (tertiary/aromatic N) is 3. The van der Waals surface area contributed by atoms with E-state index in [1.165, 1.54) is 24.1 Å². The second-order valence-electron chi connectivity index (χ2n) is 6.87. The van der Waals surface area contributed by atoms with Gasteiger partial charge in [-0.25, -0.2) is 4.98 Å². The van der Waals surface area contributed by atoms with Gasteiger partial charge in [0.05, 0.1) is 30.6 Å². The second-order valence-corrected chi connectivity index (χ2v) is 6.87. The number of benzene rings is 1. The van der Waals surface area contributed by atoms with Gasteiger partial charge in [-0.15, -0.1) is 0 Å². The van der Waals surface area contributed by atoms with Crippen molar-refractivity contribution in [3.63, 3.8) is 0 Å². The zero-order chi connectivity index (χ0) is 17.9. The lowest BCUT2D eigenvalue weighted by Crippen LogP contribution is -2.28. The maximum Gasteiger partial charge on any atom is 0.228 e. The standard InChI is InChI=1S/C20H23N5O/c1-25(13-19-21-12-18(22-19)14-7-3-2-4-8-14)20(26)11-17-15-9-5-6-10-16(15)23-24-17/h2-4,7-8,12H,5-6,9-11,13H2,1H3,(H,21,22)(H,23,24). The van der Waals surface area contributed by atoms with Crippen LogP contribution in [0.15, 0.2) is 36.5 Å². The number of likely N-dealkylation sites (N-methyl/N-ethyl adjacent to an activating group) is 1. The van der Waals surface area contributed by atoms with Crippen molar-refractivity contribution in [3.8, 4) is 11.3 Å². The van der Waals surface area contributed by atoms with E-state index in [0.717, 1.165) is 35.6 Å². The molecule has 134 valence electrons. The molecule has 0 bridgehead atoms. The van der Waals surface area contributed by atoms with Crippen LogP contribution in [-0.4, -0.2) is 38.0 Å². The average molecular weight is 349 g/mol. The van der Waals surface area contributed by atoms with Crippen LogP contribution in [0.5, 0.6) is 0 Å². The number of H-pyrrole nitrogens is 2. The molecule has 0 atom stereocenters. The van der Waals surface area contributed by atoms with Crippen molar-refractivity contribution in [2.45, 2.75) is 38.6 Å². The Labute approximate surface area is 152 Å². The zero-order valence-corrected chi connectivity index (χ0v) is 15.0. The molecule has 0 fully saturated rings. The van der Waals surface area contributed by atoms with Gasteiger partial charge < -0.3 is 9.88 Å². The molecule has 2 aromatic heterocycles. The number of aromatic amines is 2. The SMILES string of the molecule is CN(Cc1ncc(-c2ccccc2)[nH]1)C(=O)Cc1n[nH]c2c1CCCC2. The maximum atomic E-state index is 12.6. The summed E-state index contributed by atoms with van der Waals surface area (Å²) in [5, 5.41) is 7.48. The van der Waals surface area contributed by atoms with E-state index >= 15 is 0 Å². The van der Waals surface area contributed by atoms with Crippen LogP contribution in [0.2, 0.25) is 0 Å². The fourth-order valence-corrected chi connectivity index (χ4v) is 3.49. The Morgan fingerprint density at radius 2 is 2.00 bits per heavy atom. The van der Waals surface area contributed by atoms with Gasteiger partial charge in [-0.2, -0.15) is 5.10 Å². The number of carbonyl (C=O) groups excluding carboxylic acids is 1. The van der Waals surface area contributed by atoms with Gasteiger partial charge in [-0.05, 0) is 36.8 Å². The highest BCUT2D eigenvalue weighted by Crippen LogP contribution is 2.23. The van der Waals surface area contributed by atoms with Crippen molar-refractivity contribution in [1.82, 2.24) is 25.1 Å². The quantitative estimate of drug-likeness (QED) is 0.743. The molecule has 2 heterocycles. The van der Waals surface area contributed by atoms with Crippen LogP contribution >= 0.6 is 0 Å². The van der Waals surface area contributed by atoms with Crippen molar-refractivity contribution in [2.75, 3.05) is 7.05 Å². The first-order chi connectivity index (χ1) is 12.7. The minimum atomic E-state index is 0.0579. The number of aromatic nitrogens is 4. The number of rotatable bonds is 5. The number of imidazole rings is 1. The molecule has 0 saturated heterocycles. The van der Waals surface area contributed by atoms with Gasteiger partial charge in [-0.3, -0.25) is 9.89 Å². The molecular weight excluding hydrogens is 326 g/mol. The van der Waals surface area contributed by atoms with E-state index in [0.29, 0.717) is 13.0 Å². The molecule has 1 aliphatic rings. The van der Waals surface area contributed by atoms with Gasteiger partial charge in [-0.1, -0.05) is 30.3 Å². The van der Waals surface area contributed by atoms with Crippen LogP contribution in [0.25, 0.3) is 11.3 Å². The lowest BCUT2D eigenvalue weighted by molar-refractivity contribution is -0.129. The number of fused-ring (bicyclic) bond motifs is 1. The summed E-state index contributed by atoms with van der Waals surface area (Å²) in [6.45, 7) is 0.457. The van der Waals surface area contributed by atoms with E-state index in [1.54, 1.807) is 4.90 Å². The molecule has 26 heavy (non-hydrogen) atoms. The highest BCUT2D eigenvalue weighted by molar-refractivity contribution is 5.78. The Morgan fingerprint density at radius 1 is 1.19 bits per heavy atom. The van der Waals surface area contributed by atoms with Crippen molar-refractivity contribution in [1.29, 1.82) is 0 Å². The molecule has 6 nitrogen and oxygen atoms in total. The van der Waals surface area contributed by atoms with Crippen LogP contribution < -0.4 is 0 Å². The van der Waals surface area contributed by atoms with Crippen LogP contribution in [0.4, 0.5) is 0 Å². The minimum Gasteiger partial charge on any atom is -0.341 e. The maximum absolute atomic E-state index is 12.6. The van der Waals surface area contributed by atoms with Crippen LogP contribution in [0.3, 0.4) is 0 Å². The molecule has 0 aliphatic heterocycles. The Bertz CT molecular complexity index is 896. The summed E-state index contributed by atoms with van der Waals surface area (Å²) in [4.78, 5) is 22.0. The Morgan fingerprint density at radius 3 is 2.85 bits per heavy atom. The number of nitrogens with one attached hydrogen (secondary N) is 2. The fourth-order valence-electron chi connectivity index (χ4n) is 3.49. The number of aryl methyl sites for hydroxylation is 1. The van der Waals surface area contributed by atoms with E-state index in [2.05, 4.69) is 20.2 Å². The van der Waals surface area contributed by atoms with E-state index in [-0.39, 0.29) is 5.91 Å². The molecule has 1 amide bonds. The van der Waals surface area contributed by atoms with Crippen molar-refractivity contribution >= 4 is 5.91 Å². The number of hydrogen-bond acceptors (Lipinski definition) is 3. The number of amides is 1. The Hall–Kier alpha value is -2.89. The second kappa shape index (κ2) is 7.15. The highest BCUT2D eigenvalue weighted by Gasteiger charge is 2.20. The largest absolute Gasteiger partial charge is 0.341 e. The topological polar surface area (TPSA) is 77.7 Å². The van der Waals surface area contributed by atoms with E-state index in [1.807, 2.05) is 43.6 Å². The Kier molecular flexibility index (Phi) is 4.56. The monoisotopic (exact) mass is 349 g/mol. The third kappa shape index (κ3) is 3.40. The van der Waals surface area contributed by atoms with E-state index in [4.69, 9.17) is 0 Å². The summed E-state index contributed by atoms with van der Waals surface area (Å²) >= 11 is 0. The first-order valence-electron chi connectivity index (χ1n) is 9.09. The summed E-state index contributed by atoms with van der Waals surface area (Å²) in [6, 6.07) is 10.0. The average Bonchev–Trinajstić information content (AvgIpc) is 3.30. The predicted octanol–water partition coefficient (Wildman–Crippen LogP) is 2.88. The van der Waals surface area contributed by atoms with E-state index < -0.39 is 0 Å². The van der Waals surface area contributed by atoms with Crippen LogP contribution in [0, 0.1) is 0 Å². The summed E-state index contributed by atoms with van der Waals surface area (Å²) < 4.78 is 0. The van der Waals surface area contributed by atoms with Crippen LogP contribution in [0.1, 0.15) is 35.6 Å². The predicted molar refractivity (Wildman–Crippen MR) is 99.4 cm³/mol. The molecule has 3 aromatic rings. The first-order valence-corrected chi connectivity index (χ1v) is 9.09. The van der Waals surface area contributed by atoms with Gasteiger partial charge in [0.25, 0.3) is 0 Å². The summed E-state index contributed by atoms with van der Waals surface area (Å²) in [5.41, 5.74) is 5.41. The van der Waals surface area contributed by atoms with Crippen molar-refractivity contribution < 1.29 is 4.79 Å². The normalized spacial score (nSPS) is 13.4. The molecule has 2 N–H and O–H groups in total. The molecule has 0 radical (unpaired) electrons. The summed E-state index contributed by atoms with van der Waals surface area (Å²) in [7, 11) is 1.81. The third-order valence-corrected chi connectivity index (χ3v) is 4.99. The number of hydrogen-bond donors (Lipinski definition) is 2. The van der Waals surface area contributed by atoms with Gasteiger partial charge >= 0.3 is 0 Å². The third-order valence-electron chi connectivity index (χ3n) is 4.99. The summed E-state index contributed by atoms with van der Waals surface area (Å²) in [5.74, 6) is 0.839. The molecule has 0 unspecified atom stereocenters. The molecule has 0 saturated carbocycles. The first kappa shape index (κ1) is 16.6. The highest BCUT2D eigenvalue weighted by atomic mass is 16.2. The molecule has 1 aromatic carbocycles. The van der Waals surface area contributed by atoms with Crippen LogP contribution in [-0.2, 0) is 30.6 Å². The molecule has 6 heteroatoms. The molecular formula is C20H23N5O. The van der Waals surface area contributed by atoms with Crippen molar-refractivity contribution in [3.05, 3.63) is 59.3 Å². The van der Waals surface area contributed by atoms with E-state index in [9.17, 15) is 4.79 Å². The lowest BCUT2D eigenvalue weighted by atomic mass is 9.95. The smallest absolute Gasteiger partial charge is 0.228 e. The number of carbonyl (C=O) groups is 1. The Balaban J connectivity index is 1.40. The fraction of sp³-hybridized carbons (Fsp3) is 0.350. The molecule has 0 spiro atoms. The summed E-state index contributed by atoms with van der Waals surface area (Å²) in [6.07, 6.45) is 6.60. The lowest BCUT2D eigenvalue weighted by Gasteiger charge is -2.16. The molecule has 4 rings (SSSR count).